The van der Waals surface area contributed by atoms with Crippen LogP contribution in [0, 0.1) is 6.92 Å². The Hall–Kier alpha value is -2.41. The van der Waals surface area contributed by atoms with Gasteiger partial charge in [-0.3, -0.25) is 4.79 Å². The SMILES string of the molecule is CCCCN(CCCC)CCCOc1c(Br)cc(C(=O)c2c(-c3ccc(C)cc3)cc3ccccn23)cc1Br. The van der Waals surface area contributed by atoms with Crippen LogP contribution in [-0.4, -0.2) is 41.3 Å². The van der Waals surface area contributed by atoms with Crippen LogP contribution < -0.4 is 4.74 Å². The topological polar surface area (TPSA) is 34.0 Å². The maximum Gasteiger partial charge on any atom is 0.210 e. The molecule has 0 aliphatic heterocycles. The zero-order valence-corrected chi connectivity index (χ0v) is 26.4. The molecule has 0 fully saturated rings. The van der Waals surface area contributed by atoms with E-state index in [1.54, 1.807) is 0 Å². The van der Waals surface area contributed by atoms with Crippen LogP contribution in [0.5, 0.6) is 5.75 Å². The number of halogens is 2. The predicted molar refractivity (Wildman–Crippen MR) is 169 cm³/mol. The number of aryl methyl sites for hydroxylation is 1. The minimum Gasteiger partial charge on any atom is -0.491 e. The fourth-order valence-electron chi connectivity index (χ4n) is 4.84. The Morgan fingerprint density at radius 3 is 2.15 bits per heavy atom. The predicted octanol–water partition coefficient (Wildman–Crippen LogP) is 9.34. The lowest BCUT2D eigenvalue weighted by molar-refractivity contribution is 0.103. The van der Waals surface area contributed by atoms with Gasteiger partial charge in [0.05, 0.1) is 15.6 Å². The molecule has 0 spiro atoms. The van der Waals surface area contributed by atoms with Gasteiger partial charge in [0.2, 0.25) is 5.78 Å². The molecule has 0 radical (unpaired) electrons. The number of hydrogen-bond donors (Lipinski definition) is 0. The second-order valence-corrected chi connectivity index (χ2v) is 11.8. The van der Waals surface area contributed by atoms with Crippen LogP contribution in [0.15, 0.2) is 75.8 Å². The molecule has 0 aliphatic carbocycles. The molecule has 0 unspecified atom stereocenters. The highest BCUT2D eigenvalue weighted by atomic mass is 79.9. The lowest BCUT2D eigenvalue weighted by Gasteiger charge is -2.22. The number of nitrogens with zero attached hydrogens (tertiary/aromatic N) is 2. The number of ether oxygens (including phenoxy) is 1. The molecule has 0 bridgehead atoms. The average molecular weight is 654 g/mol. The molecular weight excluding hydrogens is 616 g/mol. The molecule has 2 aromatic carbocycles. The summed E-state index contributed by atoms with van der Waals surface area (Å²) in [7, 11) is 0. The number of benzene rings is 2. The highest BCUT2D eigenvalue weighted by molar-refractivity contribution is 9.11. The number of unbranched alkanes of at least 4 members (excludes halogenated alkanes) is 2. The van der Waals surface area contributed by atoms with Crippen molar-refractivity contribution in [1.82, 2.24) is 9.30 Å². The Labute approximate surface area is 249 Å². The van der Waals surface area contributed by atoms with Crippen molar-refractivity contribution in [3.05, 3.63) is 92.6 Å². The van der Waals surface area contributed by atoms with E-state index in [-0.39, 0.29) is 5.78 Å². The molecule has 206 valence electrons. The first kappa shape index (κ1) is 29.6. The number of rotatable bonds is 14. The highest BCUT2D eigenvalue weighted by Crippen LogP contribution is 2.37. The van der Waals surface area contributed by atoms with E-state index in [1.807, 2.05) is 40.9 Å². The van der Waals surface area contributed by atoms with Crippen LogP contribution in [0.25, 0.3) is 16.6 Å². The van der Waals surface area contributed by atoms with E-state index < -0.39 is 0 Å². The molecule has 0 N–H and O–H groups in total. The monoisotopic (exact) mass is 652 g/mol. The van der Waals surface area contributed by atoms with E-state index in [2.05, 4.69) is 87.9 Å². The molecule has 6 heteroatoms. The third kappa shape index (κ3) is 7.41. The molecule has 0 amide bonds. The second kappa shape index (κ2) is 14.3. The number of carbonyl (C=O) groups is 1. The van der Waals surface area contributed by atoms with E-state index in [4.69, 9.17) is 4.74 Å². The summed E-state index contributed by atoms with van der Waals surface area (Å²) in [5.74, 6) is 0.700. The van der Waals surface area contributed by atoms with E-state index >= 15 is 0 Å². The van der Waals surface area contributed by atoms with Gasteiger partial charge in [-0.15, -0.1) is 0 Å². The summed E-state index contributed by atoms with van der Waals surface area (Å²) < 4.78 is 9.71. The molecule has 4 nitrogen and oxygen atoms in total. The van der Waals surface area contributed by atoms with Crippen molar-refractivity contribution in [2.45, 2.75) is 52.9 Å². The van der Waals surface area contributed by atoms with Gasteiger partial charge >= 0.3 is 0 Å². The Morgan fingerprint density at radius 2 is 1.51 bits per heavy atom. The van der Waals surface area contributed by atoms with E-state index in [0.29, 0.717) is 17.9 Å². The first-order valence-electron chi connectivity index (χ1n) is 14.0. The van der Waals surface area contributed by atoms with Gasteiger partial charge in [-0.1, -0.05) is 62.6 Å². The Bertz CT molecular complexity index is 1360. The first-order chi connectivity index (χ1) is 18.9. The van der Waals surface area contributed by atoms with Crippen molar-refractivity contribution in [3.63, 3.8) is 0 Å². The van der Waals surface area contributed by atoms with Crippen molar-refractivity contribution < 1.29 is 9.53 Å². The molecule has 0 aliphatic rings. The number of pyridine rings is 1. The number of carbonyl (C=O) groups excluding carboxylic acids is 1. The third-order valence-electron chi connectivity index (χ3n) is 7.04. The van der Waals surface area contributed by atoms with Gasteiger partial charge in [0.1, 0.15) is 11.4 Å². The van der Waals surface area contributed by atoms with Crippen molar-refractivity contribution in [2.75, 3.05) is 26.2 Å². The summed E-state index contributed by atoms with van der Waals surface area (Å²) in [5.41, 5.74) is 5.38. The van der Waals surface area contributed by atoms with Gasteiger partial charge in [0.15, 0.2) is 0 Å². The standard InChI is InChI=1S/C33H38Br2N2O2/c1-4-6-16-36(17-7-5-2)18-10-20-39-33-29(34)21-26(22-30(33)35)32(38)31-28(25-14-12-24(3)13-15-25)23-27-11-8-9-19-37(27)31/h8-9,11-15,19,21-23H,4-7,10,16-18,20H2,1-3H3. The summed E-state index contributed by atoms with van der Waals surface area (Å²) in [6, 6.07) is 20.1. The van der Waals surface area contributed by atoms with Crippen LogP contribution in [0.1, 0.15) is 67.6 Å². The number of hydrogen-bond acceptors (Lipinski definition) is 3. The molecular formula is C33H38Br2N2O2. The molecule has 0 saturated carbocycles. The number of ketones is 1. The summed E-state index contributed by atoms with van der Waals surface area (Å²) >= 11 is 7.35. The average Bonchev–Trinajstić information content (AvgIpc) is 3.32. The zero-order chi connectivity index (χ0) is 27.8. The highest BCUT2D eigenvalue weighted by Gasteiger charge is 2.22. The zero-order valence-electron chi connectivity index (χ0n) is 23.2. The summed E-state index contributed by atoms with van der Waals surface area (Å²) in [6.45, 7) is 10.5. The lowest BCUT2D eigenvalue weighted by Crippen LogP contribution is -2.28. The van der Waals surface area contributed by atoms with Gasteiger partial charge in [0, 0.05) is 29.4 Å². The minimum atomic E-state index is -0.0350. The van der Waals surface area contributed by atoms with Crippen molar-refractivity contribution in [1.29, 1.82) is 0 Å². The Kier molecular flexibility index (Phi) is 10.8. The molecule has 0 atom stereocenters. The molecule has 2 aromatic heterocycles. The van der Waals surface area contributed by atoms with Crippen molar-refractivity contribution in [2.24, 2.45) is 0 Å². The Balaban J connectivity index is 1.53. The fraction of sp³-hybridized carbons (Fsp3) is 0.364. The van der Waals surface area contributed by atoms with Crippen LogP contribution in [0.2, 0.25) is 0 Å². The van der Waals surface area contributed by atoms with E-state index in [1.165, 1.54) is 31.2 Å². The second-order valence-electron chi connectivity index (χ2n) is 10.1. The van der Waals surface area contributed by atoms with Gasteiger partial charge in [-0.2, -0.15) is 0 Å². The van der Waals surface area contributed by atoms with Crippen LogP contribution in [0.3, 0.4) is 0 Å². The lowest BCUT2D eigenvalue weighted by atomic mass is 9.99. The molecule has 2 heterocycles. The van der Waals surface area contributed by atoms with Crippen LogP contribution in [0.4, 0.5) is 0 Å². The van der Waals surface area contributed by atoms with Gasteiger partial charge < -0.3 is 14.0 Å². The smallest absolute Gasteiger partial charge is 0.210 e. The van der Waals surface area contributed by atoms with Crippen molar-refractivity contribution in [3.8, 4) is 16.9 Å². The first-order valence-corrected chi connectivity index (χ1v) is 15.6. The van der Waals surface area contributed by atoms with Gasteiger partial charge in [-0.05, 0) is 107 Å². The van der Waals surface area contributed by atoms with E-state index in [0.717, 1.165) is 57.4 Å². The van der Waals surface area contributed by atoms with Crippen molar-refractivity contribution >= 4 is 43.2 Å². The molecule has 4 aromatic rings. The minimum absolute atomic E-state index is 0.0350. The van der Waals surface area contributed by atoms with Crippen LogP contribution >= 0.6 is 31.9 Å². The summed E-state index contributed by atoms with van der Waals surface area (Å²) in [5, 5.41) is 0. The number of fused-ring (bicyclic) bond motifs is 1. The summed E-state index contributed by atoms with van der Waals surface area (Å²) in [6.07, 6.45) is 7.82. The summed E-state index contributed by atoms with van der Waals surface area (Å²) in [4.78, 5) is 16.5. The number of aromatic nitrogens is 1. The maximum atomic E-state index is 14.0. The van der Waals surface area contributed by atoms with Gasteiger partial charge in [0.25, 0.3) is 0 Å². The van der Waals surface area contributed by atoms with Crippen LogP contribution in [-0.2, 0) is 0 Å². The quantitative estimate of drug-likeness (QED) is 0.100. The largest absolute Gasteiger partial charge is 0.491 e. The fourth-order valence-corrected chi connectivity index (χ4v) is 6.25. The Morgan fingerprint density at radius 1 is 0.872 bits per heavy atom. The molecule has 0 saturated heterocycles. The third-order valence-corrected chi connectivity index (χ3v) is 8.22. The normalized spacial score (nSPS) is 11.4. The molecule has 39 heavy (non-hydrogen) atoms. The maximum absolute atomic E-state index is 14.0. The van der Waals surface area contributed by atoms with E-state index in [9.17, 15) is 4.79 Å². The molecule has 4 rings (SSSR count). The van der Waals surface area contributed by atoms with Gasteiger partial charge in [-0.25, -0.2) is 0 Å².